The first kappa shape index (κ1) is 10.8. The summed E-state index contributed by atoms with van der Waals surface area (Å²) in [5, 5.41) is 17.7. The van der Waals surface area contributed by atoms with Gasteiger partial charge in [0.05, 0.1) is 0 Å². The summed E-state index contributed by atoms with van der Waals surface area (Å²) in [6, 6.07) is 4.88. The molecular formula is C10H7N3O4. The highest BCUT2D eigenvalue weighted by Gasteiger charge is 2.19. The van der Waals surface area contributed by atoms with Gasteiger partial charge in [-0.1, -0.05) is 6.07 Å². The fourth-order valence-electron chi connectivity index (χ4n) is 1.31. The van der Waals surface area contributed by atoms with Gasteiger partial charge in [-0.3, -0.25) is 4.57 Å². The summed E-state index contributed by atoms with van der Waals surface area (Å²) >= 11 is 0. The second-order valence-electron chi connectivity index (χ2n) is 3.12. The van der Waals surface area contributed by atoms with Crippen molar-refractivity contribution in [2.45, 2.75) is 0 Å². The zero-order valence-electron chi connectivity index (χ0n) is 8.44. The molecule has 0 aliphatic rings. The van der Waals surface area contributed by atoms with Crippen LogP contribution in [0.4, 0.5) is 0 Å². The molecule has 2 heterocycles. The molecule has 0 saturated heterocycles. The van der Waals surface area contributed by atoms with Gasteiger partial charge in [0.1, 0.15) is 5.82 Å². The van der Waals surface area contributed by atoms with E-state index in [-0.39, 0.29) is 11.5 Å². The average molecular weight is 233 g/mol. The lowest BCUT2D eigenvalue weighted by atomic mass is 10.4. The number of pyridine rings is 1. The van der Waals surface area contributed by atoms with Crippen molar-refractivity contribution >= 4 is 11.9 Å². The zero-order valence-corrected chi connectivity index (χ0v) is 8.44. The van der Waals surface area contributed by atoms with Crippen LogP contribution < -0.4 is 0 Å². The lowest BCUT2D eigenvalue weighted by molar-refractivity contribution is 0.0681. The maximum absolute atomic E-state index is 10.9. The third-order valence-corrected chi connectivity index (χ3v) is 2.01. The van der Waals surface area contributed by atoms with Crippen LogP contribution in [0.5, 0.6) is 0 Å². The Morgan fingerprint density at radius 3 is 2.47 bits per heavy atom. The molecule has 0 radical (unpaired) electrons. The van der Waals surface area contributed by atoms with E-state index in [4.69, 9.17) is 10.2 Å². The van der Waals surface area contributed by atoms with E-state index in [0.29, 0.717) is 5.82 Å². The first-order valence-corrected chi connectivity index (χ1v) is 4.57. The summed E-state index contributed by atoms with van der Waals surface area (Å²) in [7, 11) is 0. The number of hydrogen-bond acceptors (Lipinski definition) is 4. The minimum atomic E-state index is -1.32. The minimum absolute atomic E-state index is 0.296. The number of carboxylic acid groups (broad SMARTS) is 2. The summed E-state index contributed by atoms with van der Waals surface area (Å²) in [5.41, 5.74) is -0.340. The molecule has 0 fully saturated rings. The lowest BCUT2D eigenvalue weighted by Crippen LogP contribution is -2.08. The fraction of sp³-hybridized carbons (Fsp3) is 0. The molecule has 0 saturated carbocycles. The molecule has 17 heavy (non-hydrogen) atoms. The monoisotopic (exact) mass is 233 g/mol. The van der Waals surface area contributed by atoms with E-state index >= 15 is 0 Å². The van der Waals surface area contributed by atoms with E-state index in [2.05, 4.69) is 9.97 Å². The van der Waals surface area contributed by atoms with Gasteiger partial charge in [0.25, 0.3) is 0 Å². The van der Waals surface area contributed by atoms with Crippen LogP contribution in [0.3, 0.4) is 0 Å². The Kier molecular flexibility index (Phi) is 2.57. The molecule has 2 aromatic rings. The first-order valence-electron chi connectivity index (χ1n) is 4.57. The Balaban J connectivity index is 2.60. The Labute approximate surface area is 95.0 Å². The summed E-state index contributed by atoms with van der Waals surface area (Å²) in [6.45, 7) is 0. The van der Waals surface area contributed by atoms with Gasteiger partial charge >= 0.3 is 11.9 Å². The van der Waals surface area contributed by atoms with Crippen molar-refractivity contribution in [3.63, 3.8) is 0 Å². The Bertz CT molecular complexity index is 576. The third kappa shape index (κ3) is 1.98. The van der Waals surface area contributed by atoms with Crippen molar-refractivity contribution in [1.82, 2.24) is 14.5 Å². The second kappa shape index (κ2) is 4.05. The number of carbonyl (C=O) groups is 2. The van der Waals surface area contributed by atoms with Crippen LogP contribution in [-0.4, -0.2) is 36.7 Å². The number of imidazole rings is 1. The van der Waals surface area contributed by atoms with Gasteiger partial charge < -0.3 is 10.2 Å². The summed E-state index contributed by atoms with van der Waals surface area (Å²) in [4.78, 5) is 29.1. The number of carboxylic acids is 2. The number of rotatable bonds is 3. The quantitative estimate of drug-likeness (QED) is 0.806. The molecule has 0 aliphatic carbocycles. The SMILES string of the molecule is O=C(O)c1cn(-c2ccccn2)c(C(=O)O)n1. The number of aromatic carboxylic acids is 2. The van der Waals surface area contributed by atoms with Gasteiger partial charge in [-0.05, 0) is 12.1 Å². The van der Waals surface area contributed by atoms with Crippen molar-refractivity contribution in [2.24, 2.45) is 0 Å². The van der Waals surface area contributed by atoms with Crippen molar-refractivity contribution in [2.75, 3.05) is 0 Å². The molecule has 86 valence electrons. The molecule has 0 amide bonds. The van der Waals surface area contributed by atoms with Crippen LogP contribution in [0, 0.1) is 0 Å². The molecule has 0 aromatic carbocycles. The molecule has 7 nitrogen and oxygen atoms in total. The summed E-state index contributed by atoms with van der Waals surface area (Å²) in [5.74, 6) is -2.70. The van der Waals surface area contributed by atoms with Gasteiger partial charge in [0.2, 0.25) is 5.82 Å². The van der Waals surface area contributed by atoms with Crippen LogP contribution in [0.15, 0.2) is 30.6 Å². The highest BCUT2D eigenvalue weighted by atomic mass is 16.4. The fourth-order valence-corrected chi connectivity index (χ4v) is 1.31. The highest BCUT2D eigenvalue weighted by molar-refractivity contribution is 5.89. The van der Waals surface area contributed by atoms with E-state index in [9.17, 15) is 9.59 Å². The third-order valence-electron chi connectivity index (χ3n) is 2.01. The summed E-state index contributed by atoms with van der Waals surface area (Å²) in [6.07, 6.45) is 2.59. The molecule has 0 spiro atoms. The van der Waals surface area contributed by atoms with Crippen molar-refractivity contribution in [3.05, 3.63) is 42.1 Å². The molecular weight excluding hydrogens is 226 g/mol. The number of aromatic nitrogens is 3. The number of hydrogen-bond donors (Lipinski definition) is 2. The van der Waals surface area contributed by atoms with E-state index in [0.717, 1.165) is 10.8 Å². The van der Waals surface area contributed by atoms with E-state index in [1.807, 2.05) is 0 Å². The maximum atomic E-state index is 10.9. The molecule has 2 rings (SSSR count). The first-order chi connectivity index (χ1) is 8.09. The van der Waals surface area contributed by atoms with Crippen LogP contribution in [0.1, 0.15) is 21.1 Å². The van der Waals surface area contributed by atoms with Gasteiger partial charge in [0, 0.05) is 12.4 Å². The topological polar surface area (TPSA) is 105 Å². The smallest absolute Gasteiger partial charge is 0.372 e. The average Bonchev–Trinajstić information content (AvgIpc) is 2.75. The molecule has 7 heteroatoms. The Hall–Kier alpha value is -2.70. The normalized spacial score (nSPS) is 10.1. The molecule has 0 bridgehead atoms. The molecule has 0 atom stereocenters. The molecule has 2 N–H and O–H groups in total. The molecule has 2 aromatic heterocycles. The highest BCUT2D eigenvalue weighted by Crippen LogP contribution is 2.10. The lowest BCUT2D eigenvalue weighted by Gasteiger charge is -2.01. The van der Waals surface area contributed by atoms with Crippen LogP contribution in [0.2, 0.25) is 0 Å². The van der Waals surface area contributed by atoms with E-state index in [1.165, 1.54) is 6.20 Å². The largest absolute Gasteiger partial charge is 0.476 e. The van der Waals surface area contributed by atoms with Crippen LogP contribution in [0.25, 0.3) is 5.82 Å². The maximum Gasteiger partial charge on any atom is 0.372 e. The second-order valence-corrected chi connectivity index (χ2v) is 3.12. The van der Waals surface area contributed by atoms with Crippen LogP contribution >= 0.6 is 0 Å². The summed E-state index contributed by atoms with van der Waals surface area (Å²) < 4.78 is 1.12. The van der Waals surface area contributed by atoms with Gasteiger partial charge in [0.15, 0.2) is 5.69 Å². The van der Waals surface area contributed by atoms with E-state index < -0.39 is 11.9 Å². The zero-order chi connectivity index (χ0) is 12.4. The Morgan fingerprint density at radius 2 is 1.94 bits per heavy atom. The van der Waals surface area contributed by atoms with Crippen LogP contribution in [-0.2, 0) is 0 Å². The van der Waals surface area contributed by atoms with Crippen molar-refractivity contribution in [3.8, 4) is 5.82 Å². The van der Waals surface area contributed by atoms with Crippen molar-refractivity contribution in [1.29, 1.82) is 0 Å². The molecule has 0 aliphatic heterocycles. The molecule has 0 unspecified atom stereocenters. The van der Waals surface area contributed by atoms with Crippen molar-refractivity contribution < 1.29 is 19.8 Å². The van der Waals surface area contributed by atoms with Gasteiger partial charge in [-0.2, -0.15) is 0 Å². The number of nitrogens with zero attached hydrogens (tertiary/aromatic N) is 3. The standard InChI is InChI=1S/C10H7N3O4/c14-9(15)6-5-13(8(12-6)10(16)17)7-3-1-2-4-11-7/h1-5H,(H,14,15)(H,16,17). The predicted molar refractivity (Wildman–Crippen MR) is 55.3 cm³/mol. The predicted octanol–water partition coefficient (Wildman–Crippen LogP) is 0.664. The van der Waals surface area contributed by atoms with Gasteiger partial charge in [-0.25, -0.2) is 19.6 Å². The van der Waals surface area contributed by atoms with E-state index in [1.54, 1.807) is 18.2 Å². The Morgan fingerprint density at radius 1 is 1.18 bits per heavy atom. The van der Waals surface area contributed by atoms with Gasteiger partial charge in [-0.15, -0.1) is 0 Å². The minimum Gasteiger partial charge on any atom is -0.476 e.